The molecule has 1 amide bonds. The molecule has 0 aliphatic carbocycles. The van der Waals surface area contributed by atoms with Crippen molar-refractivity contribution in [2.24, 2.45) is 23.7 Å². The Hall–Kier alpha value is -3.33. The van der Waals surface area contributed by atoms with E-state index in [2.05, 4.69) is 15.3 Å². The summed E-state index contributed by atoms with van der Waals surface area (Å²) in [6.07, 6.45) is 3.77. The second-order valence-electron chi connectivity index (χ2n) is 13.4. The Morgan fingerprint density at radius 1 is 1.09 bits per heavy atom. The number of Topliss-reactive ketones (excluding diaryl/α,β-unsaturated/α-hetero) is 2. The van der Waals surface area contributed by atoms with Crippen molar-refractivity contribution in [1.82, 2.24) is 24.9 Å². The summed E-state index contributed by atoms with van der Waals surface area (Å²) in [5.41, 5.74) is 4.02. The molecule has 2 fully saturated rings. The van der Waals surface area contributed by atoms with Gasteiger partial charge >= 0.3 is 12.1 Å². The smallest absolute Gasteiger partial charge is 0.410 e. The zero-order chi connectivity index (χ0) is 34.8. The summed E-state index contributed by atoms with van der Waals surface area (Å²) in [6.45, 7) is 12.9. The third-order valence-electron chi connectivity index (χ3n) is 10.1. The first kappa shape index (κ1) is 36.5. The number of methoxy groups -OCH3 is 1. The van der Waals surface area contributed by atoms with Gasteiger partial charge in [-0.05, 0) is 52.3 Å². The molecule has 2 aromatic rings. The van der Waals surface area contributed by atoms with Crippen LogP contribution in [0, 0.1) is 23.7 Å². The molecule has 2 aliphatic rings. The molecule has 4 heterocycles. The first-order valence-corrected chi connectivity index (χ1v) is 17.1. The number of amides is 1. The molecule has 9 atom stereocenters. The van der Waals surface area contributed by atoms with Gasteiger partial charge in [0.1, 0.15) is 29.3 Å². The molecule has 4 rings (SSSR count). The van der Waals surface area contributed by atoms with Crippen LogP contribution in [0.2, 0.25) is 5.82 Å². The third kappa shape index (κ3) is 7.25. The third-order valence-corrected chi connectivity index (χ3v) is 11.0. The van der Waals surface area contributed by atoms with Gasteiger partial charge < -0.3 is 24.8 Å². The first-order valence-electron chi connectivity index (χ1n) is 16.3. The molecule has 0 saturated carbocycles. The van der Waals surface area contributed by atoms with Crippen molar-refractivity contribution in [2.75, 3.05) is 19.4 Å². The number of thiazole rings is 1. The van der Waals surface area contributed by atoms with Gasteiger partial charge in [-0.2, -0.15) is 0 Å². The van der Waals surface area contributed by atoms with Crippen LogP contribution < -0.4 is 5.73 Å². The Morgan fingerprint density at radius 3 is 2.38 bits per heavy atom. The molecule has 256 valence electrons. The maximum Gasteiger partial charge on any atom is 0.410 e. The number of hydrogen-bond donors (Lipinski definition) is 1. The molecule has 2 radical (unpaired) electrons. The van der Waals surface area contributed by atoms with Gasteiger partial charge in [0.05, 0.1) is 30.6 Å². The van der Waals surface area contributed by atoms with Gasteiger partial charge in [0, 0.05) is 44.1 Å². The first-order chi connectivity index (χ1) is 22.1. The van der Waals surface area contributed by atoms with Gasteiger partial charge in [-0.25, -0.2) is 9.78 Å². The number of fused-ring (bicyclic) bond motifs is 1. The fourth-order valence-electron chi connectivity index (χ4n) is 7.20. The summed E-state index contributed by atoms with van der Waals surface area (Å²) in [6, 6.07) is -0.743. The number of hydrogen-bond acceptors (Lipinski definition) is 12. The number of unbranched alkanes of at least 4 members (excludes halogenated alkanes) is 1. The lowest BCUT2D eigenvalue weighted by molar-refractivity contribution is -0.171. The van der Waals surface area contributed by atoms with E-state index < -0.39 is 64.9 Å². The molecular formula is C32H47BN6O7S. The second-order valence-corrected chi connectivity index (χ2v) is 14.5. The lowest BCUT2D eigenvalue weighted by Gasteiger charge is -2.43. The van der Waals surface area contributed by atoms with Crippen LogP contribution in [0.4, 0.5) is 9.93 Å². The minimum absolute atomic E-state index is 0.107. The number of ketones is 2. The van der Waals surface area contributed by atoms with Crippen molar-refractivity contribution < 1.29 is 33.4 Å². The Kier molecular flexibility index (Phi) is 11.2. The molecule has 2 N–H and O–H groups in total. The van der Waals surface area contributed by atoms with Crippen LogP contribution in [-0.4, -0.2) is 93.4 Å². The number of esters is 1. The quantitative estimate of drug-likeness (QED) is 0.186. The predicted octanol–water partition coefficient (Wildman–Crippen LogP) is 4.11. The summed E-state index contributed by atoms with van der Waals surface area (Å²) in [5, 5.41) is 8.85. The summed E-state index contributed by atoms with van der Waals surface area (Å²) < 4.78 is 19.6. The number of anilines is 1. The van der Waals surface area contributed by atoms with Crippen LogP contribution >= 0.6 is 11.3 Å². The van der Waals surface area contributed by atoms with Crippen LogP contribution in [0.1, 0.15) is 74.1 Å². The van der Waals surface area contributed by atoms with Crippen molar-refractivity contribution >= 4 is 47.9 Å². The highest BCUT2D eigenvalue weighted by Gasteiger charge is 2.60. The molecule has 47 heavy (non-hydrogen) atoms. The van der Waals surface area contributed by atoms with E-state index in [4.69, 9.17) is 27.8 Å². The number of aryl methyl sites for hydroxylation is 1. The molecule has 0 aromatic carbocycles. The molecular weight excluding hydrogens is 623 g/mol. The van der Waals surface area contributed by atoms with Gasteiger partial charge in [-0.1, -0.05) is 44.2 Å². The Balaban J connectivity index is 1.60. The Morgan fingerprint density at radius 2 is 1.77 bits per heavy atom. The molecule has 0 spiro atoms. The molecule has 2 saturated heterocycles. The molecule has 0 bridgehead atoms. The SMILES string of the molecule is [B][C@@H]1[C@@H](C)C(=O)[C@@H](C)C(=O)O[C@H](CC)[C@@]2(C)OC(=O)N(CCCCn3cc(-c4cnc(N)s4)nn3)[C@@H]2[C@@H](C)C(=O)[C@H](C)C[C@@]1(C)OC. The summed E-state index contributed by atoms with van der Waals surface area (Å²) in [4.78, 5) is 61.1. The van der Waals surface area contributed by atoms with Crippen LogP contribution in [0.3, 0.4) is 0 Å². The number of cyclic esters (lactones) is 1. The van der Waals surface area contributed by atoms with Gasteiger partial charge in [0.25, 0.3) is 0 Å². The average Bonchev–Trinajstić information content (AvgIpc) is 3.76. The normalized spacial score (nSPS) is 34.1. The maximum atomic E-state index is 14.2. The van der Waals surface area contributed by atoms with E-state index in [0.717, 1.165) is 4.88 Å². The van der Waals surface area contributed by atoms with E-state index in [-0.39, 0.29) is 18.0 Å². The number of rotatable bonds is 8. The summed E-state index contributed by atoms with van der Waals surface area (Å²) in [5.74, 6) is -5.07. The maximum absolute atomic E-state index is 14.2. The van der Waals surface area contributed by atoms with E-state index in [1.807, 2.05) is 20.0 Å². The largest absolute Gasteiger partial charge is 0.458 e. The molecule has 2 aliphatic heterocycles. The van der Waals surface area contributed by atoms with E-state index in [9.17, 15) is 19.2 Å². The predicted molar refractivity (Wildman–Crippen MR) is 177 cm³/mol. The highest BCUT2D eigenvalue weighted by Crippen LogP contribution is 2.43. The number of nitrogen functional groups attached to an aromatic ring is 1. The Bertz CT molecular complexity index is 1470. The minimum Gasteiger partial charge on any atom is -0.458 e. The molecule has 0 unspecified atom stereocenters. The highest BCUT2D eigenvalue weighted by molar-refractivity contribution is 7.18. The van der Waals surface area contributed by atoms with Gasteiger partial charge in [-0.15, -0.1) is 5.10 Å². The van der Waals surface area contributed by atoms with E-state index >= 15 is 0 Å². The van der Waals surface area contributed by atoms with Crippen molar-refractivity contribution in [1.29, 1.82) is 0 Å². The standard InChI is InChI=1S/C32H47BN6O7S/c1-9-23-32(7)27(39(30(43)46-32)13-11-10-12-38-16-21(36-37-38)22-15-35-29(34)47-22)19(4)24(40)17(2)14-31(6,44-8)26(33)18(3)25(41)20(5)28(42)45-23/h15-20,23,26-27H,9-14H2,1-8H3,(H2,34,35)/t17-,18+,19+,20-,23-,26-,27-,31-,32-/m1/s1. The molecule has 13 nitrogen and oxygen atoms in total. The van der Waals surface area contributed by atoms with Gasteiger partial charge in [0.15, 0.2) is 10.7 Å². The zero-order valence-electron chi connectivity index (χ0n) is 28.6. The summed E-state index contributed by atoms with van der Waals surface area (Å²) >= 11 is 1.33. The van der Waals surface area contributed by atoms with Gasteiger partial charge in [-0.3, -0.25) is 19.1 Å². The number of ether oxygens (including phenoxy) is 3. The number of carbonyl (C=O) groups is 4. The topological polar surface area (TPSA) is 169 Å². The number of nitrogens with two attached hydrogens (primary N) is 1. The molecule has 15 heteroatoms. The minimum atomic E-state index is -1.35. The van der Waals surface area contributed by atoms with Crippen molar-refractivity contribution in [3.05, 3.63) is 12.4 Å². The van der Waals surface area contributed by atoms with Crippen LogP contribution in [0.5, 0.6) is 0 Å². The second kappa shape index (κ2) is 14.4. The average molecular weight is 671 g/mol. The van der Waals surface area contributed by atoms with Crippen molar-refractivity contribution in [3.8, 4) is 10.6 Å². The van der Waals surface area contributed by atoms with E-state index in [0.29, 0.717) is 43.2 Å². The van der Waals surface area contributed by atoms with Crippen LogP contribution in [-0.2, 0) is 35.1 Å². The monoisotopic (exact) mass is 670 g/mol. The summed E-state index contributed by atoms with van der Waals surface area (Å²) in [7, 11) is 8.10. The highest BCUT2D eigenvalue weighted by atomic mass is 32.1. The van der Waals surface area contributed by atoms with Crippen LogP contribution in [0.25, 0.3) is 10.6 Å². The fraction of sp³-hybridized carbons (Fsp3) is 0.719. The number of carbonyl (C=O) groups excluding carboxylic acids is 4. The number of nitrogens with zero attached hydrogens (tertiary/aromatic N) is 5. The van der Waals surface area contributed by atoms with E-state index in [1.165, 1.54) is 25.4 Å². The van der Waals surface area contributed by atoms with Crippen LogP contribution in [0.15, 0.2) is 12.4 Å². The molecule has 2 aromatic heterocycles. The van der Waals surface area contributed by atoms with Gasteiger partial charge in [0.2, 0.25) is 0 Å². The zero-order valence-corrected chi connectivity index (χ0v) is 29.4. The number of aromatic nitrogens is 4. The van der Waals surface area contributed by atoms with Crippen molar-refractivity contribution in [3.63, 3.8) is 0 Å². The lowest BCUT2D eigenvalue weighted by Crippen LogP contribution is -2.58. The Labute approximate surface area is 281 Å². The fourth-order valence-corrected chi connectivity index (χ4v) is 7.83. The van der Waals surface area contributed by atoms with Crippen molar-refractivity contribution in [2.45, 2.75) is 110 Å². The van der Waals surface area contributed by atoms with E-state index in [1.54, 1.807) is 43.5 Å². The lowest BCUT2D eigenvalue weighted by atomic mass is 9.62.